The van der Waals surface area contributed by atoms with Crippen LogP contribution in [0, 0.1) is 20.8 Å². The van der Waals surface area contributed by atoms with Crippen molar-refractivity contribution < 1.29 is 0 Å². The van der Waals surface area contributed by atoms with Crippen LogP contribution in [0.2, 0.25) is 0 Å². The molecule has 1 aliphatic carbocycles. The van der Waals surface area contributed by atoms with E-state index in [1.54, 1.807) is 0 Å². The van der Waals surface area contributed by atoms with Crippen molar-refractivity contribution >= 4 is 5.69 Å². The molecule has 5 nitrogen and oxygen atoms in total. The van der Waals surface area contributed by atoms with Crippen LogP contribution < -0.4 is 5.32 Å². The number of nitrogens with zero attached hydrogens (tertiary/aromatic N) is 4. The van der Waals surface area contributed by atoms with E-state index >= 15 is 0 Å². The van der Waals surface area contributed by atoms with E-state index in [0.29, 0.717) is 0 Å². The molecule has 0 unspecified atom stereocenters. The third kappa shape index (κ3) is 3.59. The van der Waals surface area contributed by atoms with Crippen molar-refractivity contribution in [2.45, 2.75) is 58.4 Å². The molecule has 1 N–H and O–H groups in total. The van der Waals surface area contributed by atoms with Gasteiger partial charge in [0.05, 0.1) is 11.2 Å². The van der Waals surface area contributed by atoms with Crippen LogP contribution in [0.3, 0.4) is 0 Å². The van der Waals surface area contributed by atoms with Gasteiger partial charge < -0.3 is 5.32 Å². The van der Waals surface area contributed by atoms with Gasteiger partial charge >= 0.3 is 0 Å². The molecule has 27 heavy (non-hydrogen) atoms. The molecule has 1 aliphatic rings. The Labute approximate surface area is 160 Å². The van der Waals surface area contributed by atoms with Gasteiger partial charge in [-0.05, 0) is 85.0 Å². The van der Waals surface area contributed by atoms with Crippen LogP contribution in [0.1, 0.15) is 54.6 Å². The van der Waals surface area contributed by atoms with Gasteiger partial charge in [0.1, 0.15) is 0 Å². The highest BCUT2D eigenvalue weighted by Crippen LogP contribution is 2.39. The third-order valence-corrected chi connectivity index (χ3v) is 5.46. The molecular weight excluding hydrogens is 334 g/mol. The van der Waals surface area contributed by atoms with Crippen molar-refractivity contribution in [1.82, 2.24) is 20.2 Å². The second kappa shape index (κ2) is 7.14. The smallest absolute Gasteiger partial charge is 0.181 e. The summed E-state index contributed by atoms with van der Waals surface area (Å²) >= 11 is 0. The minimum absolute atomic E-state index is 0.243. The minimum atomic E-state index is -0.243. The average Bonchev–Trinajstić information content (AvgIpc) is 3.12. The van der Waals surface area contributed by atoms with Crippen molar-refractivity contribution in [3.8, 4) is 5.69 Å². The van der Waals surface area contributed by atoms with Gasteiger partial charge in [0.15, 0.2) is 5.82 Å². The van der Waals surface area contributed by atoms with Crippen LogP contribution in [0.15, 0.2) is 42.5 Å². The maximum absolute atomic E-state index is 4.51. The Balaban J connectivity index is 1.79. The van der Waals surface area contributed by atoms with Crippen molar-refractivity contribution in [3.05, 3.63) is 65.0 Å². The zero-order chi connectivity index (χ0) is 18.9. The van der Waals surface area contributed by atoms with E-state index in [1.165, 1.54) is 36.0 Å². The predicted molar refractivity (Wildman–Crippen MR) is 108 cm³/mol. The summed E-state index contributed by atoms with van der Waals surface area (Å²) in [6, 6.07) is 15.0. The molecular formula is C22H27N5. The number of hydrogen-bond acceptors (Lipinski definition) is 4. The van der Waals surface area contributed by atoms with Crippen molar-refractivity contribution in [2.75, 3.05) is 5.32 Å². The highest BCUT2D eigenvalue weighted by atomic mass is 15.6. The topological polar surface area (TPSA) is 55.6 Å². The number of rotatable bonds is 4. The molecule has 0 radical (unpaired) electrons. The molecule has 0 atom stereocenters. The molecule has 0 aliphatic heterocycles. The molecule has 0 saturated heterocycles. The molecule has 0 amide bonds. The number of aromatic nitrogens is 4. The van der Waals surface area contributed by atoms with Crippen molar-refractivity contribution in [1.29, 1.82) is 0 Å². The number of tetrazole rings is 1. The Bertz CT molecular complexity index is 917. The van der Waals surface area contributed by atoms with Crippen LogP contribution in [0.25, 0.3) is 5.69 Å². The molecule has 0 spiro atoms. The lowest BCUT2D eigenvalue weighted by Gasteiger charge is -2.37. The normalized spacial score (nSPS) is 16.3. The fourth-order valence-electron chi connectivity index (χ4n) is 4.29. The predicted octanol–water partition coefficient (Wildman–Crippen LogP) is 4.86. The molecule has 4 rings (SSSR count). The molecule has 1 saturated carbocycles. The number of benzene rings is 2. The van der Waals surface area contributed by atoms with Crippen LogP contribution >= 0.6 is 0 Å². The Morgan fingerprint density at radius 1 is 0.889 bits per heavy atom. The summed E-state index contributed by atoms with van der Waals surface area (Å²) in [5.41, 5.74) is 5.61. The van der Waals surface area contributed by atoms with Gasteiger partial charge in [0, 0.05) is 5.69 Å². The fourth-order valence-corrected chi connectivity index (χ4v) is 4.29. The van der Waals surface area contributed by atoms with Gasteiger partial charge in [-0.1, -0.05) is 37.5 Å². The molecule has 1 aromatic heterocycles. The largest absolute Gasteiger partial charge is 0.373 e. The quantitative estimate of drug-likeness (QED) is 0.721. The number of aryl methyl sites for hydroxylation is 3. The SMILES string of the molecule is Cc1cccc(NC2(c3nnnn3-c3cc(C)cc(C)c3)CCCCC2)c1. The fraction of sp³-hybridized carbons (Fsp3) is 0.409. The van der Waals surface area contributed by atoms with E-state index in [2.05, 4.69) is 84.1 Å². The zero-order valence-electron chi connectivity index (χ0n) is 16.4. The lowest BCUT2D eigenvalue weighted by atomic mass is 9.80. The van der Waals surface area contributed by atoms with Gasteiger partial charge in [0.2, 0.25) is 0 Å². The van der Waals surface area contributed by atoms with Gasteiger partial charge in [-0.25, -0.2) is 0 Å². The second-order valence-corrected chi connectivity index (χ2v) is 7.90. The lowest BCUT2D eigenvalue weighted by molar-refractivity contribution is 0.309. The summed E-state index contributed by atoms with van der Waals surface area (Å²) < 4.78 is 1.92. The first-order chi connectivity index (χ1) is 13.1. The van der Waals surface area contributed by atoms with Gasteiger partial charge in [-0.15, -0.1) is 5.10 Å². The van der Waals surface area contributed by atoms with E-state index in [-0.39, 0.29) is 5.54 Å². The summed E-state index contributed by atoms with van der Waals surface area (Å²) in [5, 5.41) is 16.7. The number of hydrogen-bond donors (Lipinski definition) is 1. The molecule has 5 heteroatoms. The van der Waals surface area contributed by atoms with Crippen LogP contribution in [-0.4, -0.2) is 20.2 Å². The highest BCUT2D eigenvalue weighted by Gasteiger charge is 2.39. The van der Waals surface area contributed by atoms with E-state index in [9.17, 15) is 0 Å². The van der Waals surface area contributed by atoms with Crippen LogP contribution in [0.5, 0.6) is 0 Å². The van der Waals surface area contributed by atoms with E-state index in [1.807, 2.05) is 4.68 Å². The molecule has 3 aromatic rings. The van der Waals surface area contributed by atoms with Crippen LogP contribution in [-0.2, 0) is 5.54 Å². The van der Waals surface area contributed by atoms with Crippen LogP contribution in [0.4, 0.5) is 5.69 Å². The first kappa shape index (κ1) is 17.7. The van der Waals surface area contributed by atoms with Crippen molar-refractivity contribution in [2.24, 2.45) is 0 Å². The second-order valence-electron chi connectivity index (χ2n) is 7.90. The number of nitrogens with one attached hydrogen (secondary N) is 1. The molecule has 2 aromatic carbocycles. The minimum Gasteiger partial charge on any atom is -0.373 e. The van der Waals surface area contributed by atoms with E-state index < -0.39 is 0 Å². The molecule has 1 fully saturated rings. The standard InChI is InChI=1S/C22H27N5/c1-16-8-7-9-19(13-16)23-22(10-5-4-6-11-22)21-24-25-26-27(21)20-14-17(2)12-18(3)15-20/h7-9,12-15,23H,4-6,10-11H2,1-3H3. The Morgan fingerprint density at radius 2 is 1.63 bits per heavy atom. The average molecular weight is 361 g/mol. The van der Waals surface area contributed by atoms with E-state index in [4.69, 9.17) is 0 Å². The summed E-state index contributed by atoms with van der Waals surface area (Å²) in [4.78, 5) is 0. The molecule has 1 heterocycles. The van der Waals surface area contributed by atoms with E-state index in [0.717, 1.165) is 30.0 Å². The first-order valence-corrected chi connectivity index (χ1v) is 9.78. The maximum atomic E-state index is 4.51. The van der Waals surface area contributed by atoms with Gasteiger partial charge in [0.25, 0.3) is 0 Å². The summed E-state index contributed by atoms with van der Waals surface area (Å²) in [6.45, 7) is 6.35. The third-order valence-electron chi connectivity index (χ3n) is 5.46. The Kier molecular flexibility index (Phi) is 4.68. The summed E-state index contributed by atoms with van der Waals surface area (Å²) in [7, 11) is 0. The first-order valence-electron chi connectivity index (χ1n) is 9.78. The Hall–Kier alpha value is -2.69. The molecule has 0 bridgehead atoms. The zero-order valence-corrected chi connectivity index (χ0v) is 16.4. The van der Waals surface area contributed by atoms with Gasteiger partial charge in [-0.3, -0.25) is 0 Å². The van der Waals surface area contributed by atoms with Crippen molar-refractivity contribution in [3.63, 3.8) is 0 Å². The maximum Gasteiger partial charge on any atom is 0.181 e. The lowest BCUT2D eigenvalue weighted by Crippen LogP contribution is -2.40. The number of anilines is 1. The van der Waals surface area contributed by atoms with Gasteiger partial charge in [-0.2, -0.15) is 4.68 Å². The highest BCUT2D eigenvalue weighted by molar-refractivity contribution is 5.49. The Morgan fingerprint density at radius 3 is 2.33 bits per heavy atom. The molecule has 140 valence electrons. The monoisotopic (exact) mass is 361 g/mol. The summed E-state index contributed by atoms with van der Waals surface area (Å²) in [5.74, 6) is 0.911. The summed E-state index contributed by atoms with van der Waals surface area (Å²) in [6.07, 6.45) is 5.69.